The molecule has 8 nitrogen and oxygen atoms in total. The highest BCUT2D eigenvalue weighted by Gasteiger charge is 2.71. The quantitative estimate of drug-likeness (QED) is 0.151. The van der Waals surface area contributed by atoms with Gasteiger partial charge in [-0.2, -0.15) is 0 Å². The summed E-state index contributed by atoms with van der Waals surface area (Å²) in [6.45, 7) is 14.1. The lowest BCUT2D eigenvalue weighted by Crippen LogP contribution is -2.37. The van der Waals surface area contributed by atoms with Crippen LogP contribution in [0.1, 0.15) is 102 Å². The van der Waals surface area contributed by atoms with E-state index in [2.05, 4.69) is 33.8 Å². The molecule has 4 aliphatic carbocycles. The van der Waals surface area contributed by atoms with Gasteiger partial charge < -0.3 is 25.5 Å². The summed E-state index contributed by atoms with van der Waals surface area (Å²) >= 11 is 0. The lowest BCUT2D eigenvalue weighted by molar-refractivity contribution is -0.126. The van der Waals surface area contributed by atoms with Crippen molar-refractivity contribution in [1.82, 2.24) is 0 Å². The topological polar surface area (TPSA) is 152 Å². The number of allylic oxidation sites excluding steroid dienone is 5. The van der Waals surface area contributed by atoms with Crippen molar-refractivity contribution >= 4 is 17.3 Å². The molecule has 1 aromatic carbocycles. The molecule has 226 valence electrons. The number of aliphatic hydroxyl groups excluding tert-OH is 2. The van der Waals surface area contributed by atoms with Gasteiger partial charge in [-0.1, -0.05) is 39.3 Å². The van der Waals surface area contributed by atoms with Gasteiger partial charge in [-0.3, -0.25) is 14.4 Å². The van der Waals surface area contributed by atoms with Crippen LogP contribution in [0.25, 0.3) is 0 Å². The molecular weight excluding hydrogens is 536 g/mol. The lowest BCUT2D eigenvalue weighted by Gasteiger charge is -2.46. The van der Waals surface area contributed by atoms with E-state index in [1.54, 1.807) is 0 Å². The minimum atomic E-state index is -1.56. The first-order valence-corrected chi connectivity index (χ1v) is 14.8. The normalized spacial score (nSPS) is 31.3. The van der Waals surface area contributed by atoms with Crippen molar-refractivity contribution in [2.24, 2.45) is 34.0 Å². The minimum absolute atomic E-state index is 0.0200. The van der Waals surface area contributed by atoms with Crippen LogP contribution in [0.5, 0.6) is 17.2 Å². The summed E-state index contributed by atoms with van der Waals surface area (Å²) in [4.78, 5) is 38.1. The number of Topliss-reactive ketones (excluding diaryl/α,β-unsaturated/α-hetero) is 3. The number of carbonyl (C=O) groups excluding carboxylic acids is 3. The minimum Gasteiger partial charge on any atom is -0.511 e. The number of fused-ring (bicyclic) bond motifs is 3. The van der Waals surface area contributed by atoms with Crippen molar-refractivity contribution in [3.05, 3.63) is 51.0 Å². The third kappa shape index (κ3) is 3.75. The number of phenols is 3. The third-order valence-corrected chi connectivity index (χ3v) is 11.3. The number of hydrogen-bond donors (Lipinski definition) is 5. The number of aliphatic hydroxyl groups is 2. The summed E-state index contributed by atoms with van der Waals surface area (Å²) in [5.74, 6) is -4.58. The van der Waals surface area contributed by atoms with Crippen molar-refractivity contribution < 1.29 is 39.9 Å². The van der Waals surface area contributed by atoms with Crippen molar-refractivity contribution in [2.75, 3.05) is 0 Å². The fourth-order valence-electron chi connectivity index (χ4n) is 8.77. The Morgan fingerprint density at radius 3 is 2.12 bits per heavy atom. The van der Waals surface area contributed by atoms with E-state index < -0.39 is 69.4 Å². The number of carbonyl (C=O) groups is 3. The Labute approximate surface area is 246 Å². The van der Waals surface area contributed by atoms with Gasteiger partial charge in [0, 0.05) is 29.0 Å². The van der Waals surface area contributed by atoms with Crippen molar-refractivity contribution in [3.63, 3.8) is 0 Å². The number of ketones is 3. The zero-order valence-corrected chi connectivity index (χ0v) is 25.7. The van der Waals surface area contributed by atoms with Gasteiger partial charge in [-0.05, 0) is 75.5 Å². The van der Waals surface area contributed by atoms with E-state index in [4.69, 9.17) is 0 Å². The molecule has 2 fully saturated rings. The second-order valence-corrected chi connectivity index (χ2v) is 14.2. The van der Waals surface area contributed by atoms with Crippen LogP contribution in [0.15, 0.2) is 34.3 Å². The van der Waals surface area contributed by atoms with Gasteiger partial charge in [0.05, 0.1) is 5.41 Å². The number of phenolic OH excluding ortho intramolecular Hbond substituents is 3. The summed E-state index contributed by atoms with van der Waals surface area (Å²) in [6.07, 6.45) is 4.71. The molecule has 42 heavy (non-hydrogen) atoms. The van der Waals surface area contributed by atoms with E-state index in [-0.39, 0.29) is 44.9 Å². The van der Waals surface area contributed by atoms with Crippen LogP contribution in [-0.4, -0.2) is 42.9 Å². The van der Waals surface area contributed by atoms with Crippen LogP contribution in [0.2, 0.25) is 0 Å². The molecule has 0 amide bonds. The van der Waals surface area contributed by atoms with Crippen molar-refractivity contribution in [1.29, 1.82) is 0 Å². The van der Waals surface area contributed by atoms with Crippen molar-refractivity contribution in [2.45, 2.75) is 87.0 Å². The molecule has 5 unspecified atom stereocenters. The first-order valence-electron chi connectivity index (χ1n) is 14.8. The Balaban J connectivity index is 1.75. The van der Waals surface area contributed by atoms with E-state index in [0.717, 1.165) is 26.2 Å². The van der Waals surface area contributed by atoms with E-state index in [0.29, 0.717) is 5.92 Å². The molecule has 5 N–H and O–H groups in total. The Morgan fingerprint density at radius 1 is 0.929 bits per heavy atom. The highest BCUT2D eigenvalue weighted by Crippen LogP contribution is 2.78. The molecular formula is C34H42O8. The third-order valence-electron chi connectivity index (χ3n) is 11.3. The molecule has 5 atom stereocenters. The molecule has 4 aliphatic rings. The molecule has 0 aliphatic heterocycles. The summed E-state index contributed by atoms with van der Waals surface area (Å²) in [5, 5.41) is 56.6. The van der Waals surface area contributed by atoms with Crippen LogP contribution in [-0.2, 0) is 16.0 Å². The molecule has 1 aromatic rings. The van der Waals surface area contributed by atoms with Crippen molar-refractivity contribution in [3.8, 4) is 17.2 Å². The molecule has 0 bridgehead atoms. The molecule has 8 heteroatoms. The molecule has 0 heterocycles. The lowest BCUT2D eigenvalue weighted by atomic mass is 9.58. The van der Waals surface area contributed by atoms with E-state index >= 15 is 0 Å². The summed E-state index contributed by atoms with van der Waals surface area (Å²) < 4.78 is 0. The average molecular weight is 579 g/mol. The predicted octanol–water partition coefficient (Wildman–Crippen LogP) is 6.49. The van der Waals surface area contributed by atoms with Gasteiger partial charge in [0.2, 0.25) is 0 Å². The largest absolute Gasteiger partial charge is 0.511 e. The maximum atomic E-state index is 12.9. The summed E-state index contributed by atoms with van der Waals surface area (Å²) in [7, 11) is 0. The number of benzene rings is 1. The standard InChI is InChI=1S/C34H42O8/c1-14-10-9-11-17-12-18(24-29(32(24,4)5)34(14,17)8)23-26(38)19(25(37)21(15(2)35)28(23)40)13-20-27(39)22(16(3)36)31(42)33(6,7)30(20)41/h12,14,18,24,29,37-41H,9-11,13H2,1-8H3. The summed E-state index contributed by atoms with van der Waals surface area (Å²) in [5.41, 5.74) is -1.55. The van der Waals surface area contributed by atoms with E-state index in [9.17, 15) is 39.9 Å². The zero-order chi connectivity index (χ0) is 31.4. The van der Waals surface area contributed by atoms with E-state index in [1.807, 2.05) is 0 Å². The van der Waals surface area contributed by atoms with Crippen LogP contribution < -0.4 is 0 Å². The number of rotatable bonds is 5. The van der Waals surface area contributed by atoms with Crippen LogP contribution >= 0.6 is 0 Å². The molecule has 5 rings (SSSR count). The van der Waals surface area contributed by atoms with Crippen LogP contribution in [0.4, 0.5) is 0 Å². The maximum Gasteiger partial charge on any atom is 0.183 e. The first kappa shape index (κ1) is 29.9. The fourth-order valence-corrected chi connectivity index (χ4v) is 8.77. The number of hydrogen-bond acceptors (Lipinski definition) is 8. The van der Waals surface area contributed by atoms with Crippen LogP contribution in [0, 0.1) is 34.0 Å². The van der Waals surface area contributed by atoms with Gasteiger partial charge >= 0.3 is 0 Å². The smallest absolute Gasteiger partial charge is 0.183 e. The maximum absolute atomic E-state index is 12.9. The highest BCUT2D eigenvalue weighted by atomic mass is 16.3. The SMILES string of the molecule is CC(=O)C1=C(O)C(Cc2c(O)c(C(C)=O)c(O)c(C3C=C4CCCC(C)C4(C)C4C3C4(C)C)c2O)=C(O)C(C)(C)C1=O. The second-order valence-electron chi connectivity index (χ2n) is 14.2. The molecule has 0 spiro atoms. The van der Waals surface area contributed by atoms with Gasteiger partial charge in [-0.15, -0.1) is 0 Å². The van der Waals surface area contributed by atoms with Gasteiger partial charge in [-0.25, -0.2) is 0 Å². The molecule has 0 saturated heterocycles. The fraction of sp³-hybridized carbons (Fsp3) is 0.559. The monoisotopic (exact) mass is 578 g/mol. The second kappa shape index (κ2) is 9.22. The number of aromatic hydroxyl groups is 3. The molecule has 0 radical (unpaired) electrons. The highest BCUT2D eigenvalue weighted by molar-refractivity contribution is 6.23. The Hall–Kier alpha value is -3.55. The Bertz CT molecular complexity index is 1550. The van der Waals surface area contributed by atoms with E-state index in [1.165, 1.54) is 26.3 Å². The zero-order valence-electron chi connectivity index (χ0n) is 25.7. The van der Waals surface area contributed by atoms with Gasteiger partial charge in [0.15, 0.2) is 17.3 Å². The Morgan fingerprint density at radius 2 is 1.55 bits per heavy atom. The van der Waals surface area contributed by atoms with Gasteiger partial charge in [0.1, 0.15) is 39.9 Å². The van der Waals surface area contributed by atoms with Gasteiger partial charge in [0.25, 0.3) is 0 Å². The summed E-state index contributed by atoms with van der Waals surface area (Å²) in [6, 6.07) is 0. The Kier molecular flexibility index (Phi) is 6.57. The average Bonchev–Trinajstić information content (AvgIpc) is 3.47. The van der Waals surface area contributed by atoms with Crippen LogP contribution in [0.3, 0.4) is 0 Å². The first-order chi connectivity index (χ1) is 19.3. The predicted molar refractivity (Wildman–Crippen MR) is 157 cm³/mol. The molecule has 0 aromatic heterocycles. The molecule has 2 saturated carbocycles.